The van der Waals surface area contributed by atoms with Crippen LogP contribution in [0.25, 0.3) is 0 Å². The molecule has 2 aromatic rings. The van der Waals surface area contributed by atoms with Gasteiger partial charge in [0.25, 0.3) is 0 Å². The molecule has 134 valence electrons. The van der Waals surface area contributed by atoms with Gasteiger partial charge in [-0.25, -0.2) is 8.42 Å². The van der Waals surface area contributed by atoms with Crippen LogP contribution in [0.2, 0.25) is 5.02 Å². The SMILES string of the molecule is CC(C)c1cccc(NC(=O)CN(C)S(=O)(=O)c2ccc(Cl)cc2)c1. The largest absolute Gasteiger partial charge is 0.325 e. The van der Waals surface area contributed by atoms with Crippen molar-refractivity contribution in [1.82, 2.24) is 4.31 Å². The fourth-order valence-electron chi connectivity index (χ4n) is 2.25. The van der Waals surface area contributed by atoms with Crippen molar-refractivity contribution in [3.05, 3.63) is 59.1 Å². The van der Waals surface area contributed by atoms with Crippen LogP contribution in [0.15, 0.2) is 53.4 Å². The number of likely N-dealkylation sites (N-methyl/N-ethyl adjacent to an activating group) is 1. The van der Waals surface area contributed by atoms with E-state index in [9.17, 15) is 13.2 Å². The van der Waals surface area contributed by atoms with Crippen molar-refractivity contribution in [2.45, 2.75) is 24.7 Å². The van der Waals surface area contributed by atoms with Crippen molar-refractivity contribution in [2.75, 3.05) is 18.9 Å². The minimum Gasteiger partial charge on any atom is -0.325 e. The van der Waals surface area contributed by atoms with Crippen molar-refractivity contribution >= 4 is 33.2 Å². The maximum atomic E-state index is 12.5. The second-order valence-electron chi connectivity index (χ2n) is 6.04. The molecule has 0 unspecified atom stereocenters. The van der Waals surface area contributed by atoms with Gasteiger partial charge in [-0.2, -0.15) is 4.31 Å². The first kappa shape index (κ1) is 19.4. The van der Waals surface area contributed by atoms with Crippen molar-refractivity contribution in [2.24, 2.45) is 0 Å². The minimum absolute atomic E-state index is 0.0917. The zero-order chi connectivity index (χ0) is 18.6. The summed E-state index contributed by atoms with van der Waals surface area (Å²) in [5.41, 5.74) is 1.74. The van der Waals surface area contributed by atoms with Gasteiger partial charge < -0.3 is 5.32 Å². The summed E-state index contributed by atoms with van der Waals surface area (Å²) in [4.78, 5) is 12.3. The third-order valence-electron chi connectivity index (χ3n) is 3.73. The summed E-state index contributed by atoms with van der Waals surface area (Å²) in [5, 5.41) is 3.18. The van der Waals surface area contributed by atoms with Gasteiger partial charge in [-0.3, -0.25) is 4.79 Å². The van der Waals surface area contributed by atoms with E-state index in [0.29, 0.717) is 16.6 Å². The van der Waals surface area contributed by atoms with Crippen molar-refractivity contribution < 1.29 is 13.2 Å². The van der Waals surface area contributed by atoms with E-state index in [4.69, 9.17) is 11.6 Å². The van der Waals surface area contributed by atoms with Gasteiger partial charge in [0.1, 0.15) is 0 Å². The molecule has 0 atom stereocenters. The predicted molar refractivity (Wildman–Crippen MR) is 100 cm³/mol. The summed E-state index contributed by atoms with van der Waals surface area (Å²) in [6.07, 6.45) is 0. The molecule has 0 saturated carbocycles. The molecule has 0 bridgehead atoms. The van der Waals surface area contributed by atoms with Gasteiger partial charge in [0, 0.05) is 17.8 Å². The Bertz CT molecular complexity index is 849. The maximum absolute atomic E-state index is 12.5. The Morgan fingerprint density at radius 3 is 2.40 bits per heavy atom. The molecule has 0 heterocycles. The number of hydrogen-bond donors (Lipinski definition) is 1. The Morgan fingerprint density at radius 1 is 1.16 bits per heavy atom. The Morgan fingerprint density at radius 2 is 1.80 bits per heavy atom. The summed E-state index contributed by atoms with van der Waals surface area (Å²) < 4.78 is 26.0. The molecule has 1 N–H and O–H groups in total. The molecule has 0 aliphatic heterocycles. The minimum atomic E-state index is -3.75. The van der Waals surface area contributed by atoms with Gasteiger partial charge in [-0.1, -0.05) is 37.6 Å². The normalized spacial score (nSPS) is 11.8. The van der Waals surface area contributed by atoms with Gasteiger partial charge >= 0.3 is 0 Å². The standard InChI is InChI=1S/C18H21ClN2O3S/c1-13(2)14-5-4-6-16(11-14)20-18(22)12-21(3)25(23,24)17-9-7-15(19)8-10-17/h4-11,13H,12H2,1-3H3,(H,20,22). The van der Waals surface area contributed by atoms with Crippen LogP contribution in [0.5, 0.6) is 0 Å². The highest BCUT2D eigenvalue weighted by Crippen LogP contribution is 2.19. The zero-order valence-corrected chi connectivity index (χ0v) is 15.9. The summed E-state index contributed by atoms with van der Waals surface area (Å²) in [7, 11) is -2.38. The van der Waals surface area contributed by atoms with E-state index in [0.717, 1.165) is 9.87 Å². The number of hydrogen-bond acceptors (Lipinski definition) is 3. The zero-order valence-electron chi connectivity index (χ0n) is 14.4. The first-order valence-corrected chi connectivity index (χ1v) is 9.63. The topological polar surface area (TPSA) is 66.5 Å². The second kappa shape index (κ2) is 7.99. The molecule has 5 nitrogen and oxygen atoms in total. The lowest BCUT2D eigenvalue weighted by Crippen LogP contribution is -2.34. The van der Waals surface area contributed by atoms with Gasteiger partial charge in [-0.15, -0.1) is 0 Å². The van der Waals surface area contributed by atoms with Gasteiger partial charge in [0.2, 0.25) is 15.9 Å². The number of anilines is 1. The molecule has 2 aromatic carbocycles. The lowest BCUT2D eigenvalue weighted by atomic mass is 10.0. The molecule has 2 rings (SSSR count). The summed E-state index contributed by atoms with van der Waals surface area (Å²) in [5.74, 6) is -0.0641. The molecule has 7 heteroatoms. The first-order valence-electron chi connectivity index (χ1n) is 7.82. The third kappa shape index (κ3) is 5.04. The molecule has 0 aliphatic rings. The fourth-order valence-corrected chi connectivity index (χ4v) is 3.50. The number of amides is 1. The van der Waals surface area contributed by atoms with Crippen LogP contribution in [0.4, 0.5) is 5.69 Å². The molecule has 0 saturated heterocycles. The number of benzene rings is 2. The molecular formula is C18H21ClN2O3S. The number of rotatable bonds is 6. The number of nitrogens with zero attached hydrogens (tertiary/aromatic N) is 1. The Labute approximate surface area is 153 Å². The molecule has 0 radical (unpaired) electrons. The molecule has 0 fully saturated rings. The Kier molecular flexibility index (Phi) is 6.21. The second-order valence-corrected chi connectivity index (χ2v) is 8.52. The molecule has 0 aromatic heterocycles. The van der Waals surface area contributed by atoms with E-state index in [-0.39, 0.29) is 11.4 Å². The average Bonchev–Trinajstić information content (AvgIpc) is 2.55. The van der Waals surface area contributed by atoms with Crippen molar-refractivity contribution in [1.29, 1.82) is 0 Å². The van der Waals surface area contributed by atoms with Crippen LogP contribution in [0.1, 0.15) is 25.3 Å². The monoisotopic (exact) mass is 380 g/mol. The lowest BCUT2D eigenvalue weighted by molar-refractivity contribution is -0.116. The number of sulfonamides is 1. The van der Waals surface area contributed by atoms with E-state index < -0.39 is 15.9 Å². The number of nitrogens with one attached hydrogen (secondary N) is 1. The Balaban J connectivity index is 2.07. The summed E-state index contributed by atoms with van der Waals surface area (Å²) >= 11 is 5.78. The summed E-state index contributed by atoms with van der Waals surface area (Å²) in [6.45, 7) is 3.84. The number of carbonyl (C=O) groups excluding carboxylic acids is 1. The molecule has 25 heavy (non-hydrogen) atoms. The fraction of sp³-hybridized carbons (Fsp3) is 0.278. The van der Waals surface area contributed by atoms with Crippen LogP contribution in [0, 0.1) is 0 Å². The van der Waals surface area contributed by atoms with Crippen LogP contribution in [-0.2, 0) is 14.8 Å². The molecule has 0 spiro atoms. The maximum Gasteiger partial charge on any atom is 0.243 e. The average molecular weight is 381 g/mol. The quantitative estimate of drug-likeness (QED) is 0.830. The number of carbonyl (C=O) groups is 1. The smallest absolute Gasteiger partial charge is 0.243 e. The molecule has 1 amide bonds. The highest BCUT2D eigenvalue weighted by Gasteiger charge is 2.23. The third-order valence-corrected chi connectivity index (χ3v) is 5.79. The van der Waals surface area contributed by atoms with Crippen LogP contribution < -0.4 is 5.32 Å². The van der Waals surface area contributed by atoms with E-state index in [1.165, 1.54) is 31.3 Å². The van der Waals surface area contributed by atoms with E-state index in [1.807, 2.05) is 18.2 Å². The van der Waals surface area contributed by atoms with Gasteiger partial charge in [-0.05, 0) is 47.9 Å². The molecular weight excluding hydrogens is 360 g/mol. The summed E-state index contributed by atoms with van der Waals surface area (Å²) in [6, 6.07) is 13.3. The van der Waals surface area contributed by atoms with Crippen molar-refractivity contribution in [3.63, 3.8) is 0 Å². The van der Waals surface area contributed by atoms with Crippen molar-refractivity contribution in [3.8, 4) is 0 Å². The highest BCUT2D eigenvalue weighted by atomic mass is 35.5. The van der Waals surface area contributed by atoms with E-state index in [2.05, 4.69) is 19.2 Å². The van der Waals surface area contributed by atoms with E-state index >= 15 is 0 Å². The van der Waals surface area contributed by atoms with Gasteiger partial charge in [0.15, 0.2) is 0 Å². The predicted octanol–water partition coefficient (Wildman–Crippen LogP) is 3.72. The highest BCUT2D eigenvalue weighted by molar-refractivity contribution is 7.89. The first-order chi connectivity index (χ1) is 11.7. The van der Waals surface area contributed by atoms with Gasteiger partial charge in [0.05, 0.1) is 11.4 Å². The number of halogens is 1. The Hall–Kier alpha value is -1.89. The van der Waals surface area contributed by atoms with Crippen LogP contribution in [0.3, 0.4) is 0 Å². The van der Waals surface area contributed by atoms with Crippen LogP contribution >= 0.6 is 11.6 Å². The molecule has 0 aliphatic carbocycles. The lowest BCUT2D eigenvalue weighted by Gasteiger charge is -2.17. The van der Waals surface area contributed by atoms with E-state index in [1.54, 1.807) is 6.07 Å². The van der Waals surface area contributed by atoms with Crippen LogP contribution in [-0.4, -0.2) is 32.2 Å².